The molecular weight excluding hydrogens is 554 g/mol. The van der Waals surface area contributed by atoms with Crippen molar-refractivity contribution < 1.29 is 38.4 Å². The number of amides is 1. The number of carbonyl (C=O) groups excluding carboxylic acids is 1. The number of alkyl carbamates (subject to hydrolysis) is 1. The number of carboxylic acids is 1. The Morgan fingerprint density at radius 2 is 1.18 bits per heavy atom. The average Bonchev–Trinajstić information content (AvgIpc) is 2.94. The maximum Gasteiger partial charge on any atom is 0.407 e. The first-order valence-corrected chi connectivity index (χ1v) is 17.8. The molecule has 9 nitrogen and oxygen atoms in total. The molecule has 0 aliphatic carbocycles. The van der Waals surface area contributed by atoms with Crippen molar-refractivity contribution in [3.63, 3.8) is 0 Å². The smallest absolute Gasteiger partial charge is 0.407 e. The first kappa shape index (κ1) is 39.3. The van der Waals surface area contributed by atoms with Gasteiger partial charge in [-0.05, 0) is 90.2 Å². The van der Waals surface area contributed by atoms with Gasteiger partial charge in [-0.3, -0.25) is 0 Å². The Morgan fingerprint density at radius 1 is 0.700 bits per heavy atom. The molecule has 2 N–H and O–H groups in total. The topological polar surface area (TPSA) is 113 Å². The molecule has 3 atom stereocenters. The highest BCUT2D eigenvalue weighted by atomic mass is 33.1. The molecule has 238 valence electrons. The van der Waals surface area contributed by atoms with E-state index in [2.05, 4.69) is 5.32 Å². The fourth-order valence-electron chi connectivity index (χ4n) is 4.24. The van der Waals surface area contributed by atoms with Crippen molar-refractivity contribution in [3.8, 4) is 0 Å². The average molecular weight is 612 g/mol. The number of carboxylic acid groups (broad SMARTS) is 1. The van der Waals surface area contributed by atoms with Crippen LogP contribution in [0.3, 0.4) is 0 Å². The third-order valence-electron chi connectivity index (χ3n) is 6.46. The van der Waals surface area contributed by atoms with Gasteiger partial charge < -0.3 is 34.1 Å². The normalized spacial score (nSPS) is 13.6. The van der Waals surface area contributed by atoms with Crippen LogP contribution in [-0.2, 0) is 28.5 Å². The number of ether oxygens (including phenoxy) is 5. The Hall–Kier alpha value is -0.720. The van der Waals surface area contributed by atoms with Crippen molar-refractivity contribution in [2.45, 2.75) is 91.0 Å². The van der Waals surface area contributed by atoms with E-state index in [1.807, 2.05) is 27.0 Å². The quantitative estimate of drug-likeness (QED) is 0.0695. The molecule has 0 bridgehead atoms. The molecule has 1 amide bonds. The zero-order valence-electron chi connectivity index (χ0n) is 25.5. The summed E-state index contributed by atoms with van der Waals surface area (Å²) < 4.78 is 28.1. The molecular formula is C29H57NO8S2. The number of rotatable bonds is 30. The molecule has 0 fully saturated rings. The lowest BCUT2D eigenvalue weighted by Gasteiger charge is -2.21. The number of hydrogen-bond acceptors (Lipinski definition) is 9. The standard InChI is InChI=1S/C29H57NO8S2/c1-5-34-18-10-8-14-25(16-12-20-36-7-3)22-37-23-26(15-9-11-19-35-6-2)17-13-21-38-29(33)30-27(28(31)32)24-40-39-4/h25-27H,5-24H2,1-4H3,(H,30,33)(H,31,32). The summed E-state index contributed by atoms with van der Waals surface area (Å²) >= 11 is 0. The summed E-state index contributed by atoms with van der Waals surface area (Å²) in [6, 6.07) is -0.961. The van der Waals surface area contributed by atoms with E-state index in [9.17, 15) is 14.7 Å². The second-order valence-corrected chi connectivity index (χ2v) is 12.4. The van der Waals surface area contributed by atoms with Crippen molar-refractivity contribution in [2.24, 2.45) is 11.8 Å². The van der Waals surface area contributed by atoms with Gasteiger partial charge in [0.1, 0.15) is 6.04 Å². The van der Waals surface area contributed by atoms with Gasteiger partial charge in [0.2, 0.25) is 0 Å². The monoisotopic (exact) mass is 611 g/mol. The zero-order valence-corrected chi connectivity index (χ0v) is 27.1. The molecule has 0 aromatic rings. The van der Waals surface area contributed by atoms with E-state index in [1.54, 1.807) is 0 Å². The highest BCUT2D eigenvalue weighted by Crippen LogP contribution is 2.20. The van der Waals surface area contributed by atoms with Gasteiger partial charge >= 0.3 is 12.1 Å². The second kappa shape index (κ2) is 29.8. The maximum atomic E-state index is 12.1. The summed E-state index contributed by atoms with van der Waals surface area (Å²) in [5, 5.41) is 11.7. The van der Waals surface area contributed by atoms with Gasteiger partial charge in [0, 0.05) is 58.6 Å². The van der Waals surface area contributed by atoms with E-state index < -0.39 is 18.1 Å². The summed E-state index contributed by atoms with van der Waals surface area (Å²) in [6.07, 6.45) is 11.4. The van der Waals surface area contributed by atoms with E-state index >= 15 is 0 Å². The fraction of sp³-hybridized carbons (Fsp3) is 0.931. The van der Waals surface area contributed by atoms with Crippen LogP contribution >= 0.6 is 21.6 Å². The van der Waals surface area contributed by atoms with Gasteiger partial charge in [0.05, 0.1) is 6.61 Å². The van der Waals surface area contributed by atoms with Crippen molar-refractivity contribution in [3.05, 3.63) is 0 Å². The van der Waals surface area contributed by atoms with Crippen LogP contribution in [0, 0.1) is 11.8 Å². The zero-order chi connectivity index (χ0) is 29.7. The maximum absolute atomic E-state index is 12.1. The minimum Gasteiger partial charge on any atom is -0.480 e. The predicted octanol–water partition coefficient (Wildman–Crippen LogP) is 6.44. The minimum absolute atomic E-state index is 0.253. The molecule has 0 aliphatic heterocycles. The molecule has 0 aromatic heterocycles. The van der Waals surface area contributed by atoms with Crippen LogP contribution < -0.4 is 5.32 Å². The molecule has 40 heavy (non-hydrogen) atoms. The number of nitrogens with one attached hydrogen (secondary N) is 1. The lowest BCUT2D eigenvalue weighted by atomic mass is 9.96. The lowest BCUT2D eigenvalue weighted by Crippen LogP contribution is -2.42. The van der Waals surface area contributed by atoms with Crippen molar-refractivity contribution in [1.82, 2.24) is 5.32 Å². The highest BCUT2D eigenvalue weighted by Gasteiger charge is 2.21. The van der Waals surface area contributed by atoms with Gasteiger partial charge in [0.25, 0.3) is 0 Å². The SMILES string of the molecule is CCOCCCCC(CCCOCC)COCC(CCCCOCC)CCCOC(=O)NC(CSSC)C(=O)O. The molecule has 11 heteroatoms. The lowest BCUT2D eigenvalue weighted by molar-refractivity contribution is -0.138. The van der Waals surface area contributed by atoms with Crippen LogP contribution in [0.5, 0.6) is 0 Å². The molecule has 0 saturated carbocycles. The third kappa shape index (κ3) is 25.0. The Labute approximate surface area is 251 Å². The van der Waals surface area contributed by atoms with Crippen LogP contribution in [0.15, 0.2) is 0 Å². The van der Waals surface area contributed by atoms with Gasteiger partial charge in [-0.1, -0.05) is 34.4 Å². The highest BCUT2D eigenvalue weighted by molar-refractivity contribution is 8.76. The first-order valence-electron chi connectivity index (χ1n) is 15.1. The van der Waals surface area contributed by atoms with Crippen LogP contribution in [0.25, 0.3) is 0 Å². The summed E-state index contributed by atoms with van der Waals surface area (Å²) in [4.78, 5) is 23.4. The first-order chi connectivity index (χ1) is 19.5. The van der Waals surface area contributed by atoms with E-state index in [4.69, 9.17) is 23.7 Å². The minimum atomic E-state index is -1.06. The van der Waals surface area contributed by atoms with Gasteiger partial charge in [-0.2, -0.15) is 0 Å². The van der Waals surface area contributed by atoms with E-state index in [1.165, 1.54) is 21.6 Å². The number of unbranched alkanes of at least 4 members (excludes halogenated alkanes) is 2. The molecule has 0 rings (SSSR count). The van der Waals surface area contributed by atoms with Crippen LogP contribution in [0.2, 0.25) is 0 Å². The van der Waals surface area contributed by atoms with Crippen molar-refractivity contribution in [2.75, 3.05) is 71.5 Å². The molecule has 0 aliphatic rings. The summed E-state index contributed by atoms with van der Waals surface area (Å²) in [7, 11) is 2.85. The molecule has 3 unspecified atom stereocenters. The Bertz CT molecular complexity index is 588. The number of hydrogen-bond donors (Lipinski definition) is 2. The molecule has 0 spiro atoms. The molecule has 0 heterocycles. The van der Waals surface area contributed by atoms with Crippen LogP contribution in [0.1, 0.15) is 85.0 Å². The van der Waals surface area contributed by atoms with Gasteiger partial charge in [-0.25, -0.2) is 9.59 Å². The Kier molecular flexibility index (Phi) is 29.2. The van der Waals surface area contributed by atoms with Gasteiger partial charge in [-0.15, -0.1) is 0 Å². The van der Waals surface area contributed by atoms with E-state index in [0.717, 1.165) is 104 Å². The Balaban J connectivity index is 4.63. The van der Waals surface area contributed by atoms with E-state index in [-0.39, 0.29) is 12.4 Å². The summed E-state index contributed by atoms with van der Waals surface area (Å²) in [5.41, 5.74) is 0. The van der Waals surface area contributed by atoms with Crippen molar-refractivity contribution >= 4 is 33.7 Å². The van der Waals surface area contributed by atoms with Crippen molar-refractivity contribution in [1.29, 1.82) is 0 Å². The second-order valence-electron chi connectivity index (χ2n) is 9.76. The van der Waals surface area contributed by atoms with Crippen LogP contribution in [0.4, 0.5) is 4.79 Å². The predicted molar refractivity (Wildman–Crippen MR) is 165 cm³/mol. The summed E-state index contributed by atoms with van der Waals surface area (Å²) in [6.45, 7) is 12.4. The van der Waals surface area contributed by atoms with Crippen LogP contribution in [-0.4, -0.2) is 94.7 Å². The van der Waals surface area contributed by atoms with Gasteiger partial charge in [0.15, 0.2) is 0 Å². The molecule has 0 radical (unpaired) electrons. The Morgan fingerprint density at radius 3 is 1.65 bits per heavy atom. The largest absolute Gasteiger partial charge is 0.480 e. The fourth-order valence-corrected chi connectivity index (χ4v) is 5.55. The number of aliphatic carboxylic acids is 1. The number of carbonyl (C=O) groups is 2. The molecule has 0 aromatic carbocycles. The summed E-state index contributed by atoms with van der Waals surface area (Å²) in [5.74, 6) is 0.110. The molecule has 0 saturated heterocycles. The van der Waals surface area contributed by atoms with E-state index in [0.29, 0.717) is 24.9 Å². The third-order valence-corrected chi connectivity index (χ3v) is 8.28.